The van der Waals surface area contributed by atoms with E-state index in [1.807, 2.05) is 41.5 Å². The summed E-state index contributed by atoms with van der Waals surface area (Å²) in [5.41, 5.74) is 13.8. The van der Waals surface area contributed by atoms with E-state index in [1.165, 1.54) is 55.6 Å². The van der Waals surface area contributed by atoms with Crippen molar-refractivity contribution in [1.82, 2.24) is 0 Å². The molecule has 0 bridgehead atoms. The molecule has 0 saturated heterocycles. The molecule has 0 atom stereocenters. The number of hydrogen-bond acceptors (Lipinski definition) is 0. The second-order valence-corrected chi connectivity index (χ2v) is 8.20. The lowest BCUT2D eigenvalue weighted by Gasteiger charge is -2.04. The average molecular weight is 465 g/mol. The van der Waals surface area contributed by atoms with Gasteiger partial charge < -0.3 is 0 Å². The second kappa shape index (κ2) is 21.2. The summed E-state index contributed by atoms with van der Waals surface area (Å²) in [6, 6.07) is 17.5. The summed E-state index contributed by atoms with van der Waals surface area (Å²) in [5.74, 6) is 0. The fourth-order valence-corrected chi connectivity index (χ4v) is 2.89. The topological polar surface area (TPSA) is 0 Å². The monoisotopic (exact) mass is 464 g/mol. The zero-order chi connectivity index (χ0) is 27.4. The van der Waals surface area contributed by atoms with Crippen LogP contribution in [0.5, 0.6) is 0 Å². The van der Waals surface area contributed by atoms with Crippen molar-refractivity contribution in [1.29, 1.82) is 0 Å². The molecule has 0 aliphatic heterocycles. The normalized spacial score (nSPS) is 8.59. The molecule has 0 heteroatoms. The van der Waals surface area contributed by atoms with Gasteiger partial charge in [0.2, 0.25) is 0 Å². The summed E-state index contributed by atoms with van der Waals surface area (Å²) in [4.78, 5) is 0. The number of aryl methyl sites for hydroxylation is 10. The van der Waals surface area contributed by atoms with Crippen LogP contribution in [0.4, 0.5) is 0 Å². The lowest BCUT2D eigenvalue weighted by Crippen LogP contribution is -1.86. The van der Waals surface area contributed by atoms with Gasteiger partial charge >= 0.3 is 0 Å². The van der Waals surface area contributed by atoms with E-state index in [0.717, 1.165) is 0 Å². The summed E-state index contributed by atoms with van der Waals surface area (Å²) in [6.07, 6.45) is 0. The molecule has 34 heavy (non-hydrogen) atoms. The van der Waals surface area contributed by atoms with Gasteiger partial charge in [-0.3, -0.25) is 0 Å². The third-order valence-electron chi connectivity index (χ3n) is 5.43. The Morgan fingerprint density at radius 1 is 0.265 bits per heavy atom. The fraction of sp³-hybridized carbons (Fsp3) is 0.471. The van der Waals surface area contributed by atoms with Gasteiger partial charge in [0.25, 0.3) is 0 Å². The molecule has 0 saturated carbocycles. The summed E-state index contributed by atoms with van der Waals surface area (Å²) < 4.78 is 0. The number of benzene rings is 3. The molecule has 0 fully saturated rings. The molecule has 0 amide bonds. The van der Waals surface area contributed by atoms with Gasteiger partial charge in [0.05, 0.1) is 0 Å². The molecule has 0 nitrogen and oxygen atoms in total. The first kappa shape index (κ1) is 36.2. The lowest BCUT2D eigenvalue weighted by atomic mass is 10.0. The van der Waals surface area contributed by atoms with Crippen molar-refractivity contribution < 1.29 is 0 Å². The Labute approximate surface area is 214 Å². The van der Waals surface area contributed by atoms with E-state index in [-0.39, 0.29) is 0 Å². The highest BCUT2D eigenvalue weighted by Gasteiger charge is 1.95. The summed E-state index contributed by atoms with van der Waals surface area (Å²) >= 11 is 0. The van der Waals surface area contributed by atoms with E-state index in [1.54, 1.807) is 0 Å². The maximum atomic E-state index is 2.24. The van der Waals surface area contributed by atoms with Gasteiger partial charge in [0.15, 0.2) is 0 Å². The molecule has 0 radical (unpaired) electrons. The Kier molecular flexibility index (Phi) is 22.6. The molecular weight excluding hydrogens is 408 g/mol. The van der Waals surface area contributed by atoms with Crippen molar-refractivity contribution in [2.45, 2.75) is 111 Å². The van der Waals surface area contributed by atoms with Crippen LogP contribution in [-0.4, -0.2) is 0 Å². The minimum absolute atomic E-state index is 1.35. The van der Waals surface area contributed by atoms with Crippen LogP contribution in [-0.2, 0) is 0 Å². The number of hydrogen-bond donors (Lipinski definition) is 0. The second-order valence-electron chi connectivity index (χ2n) is 8.20. The van der Waals surface area contributed by atoms with Gasteiger partial charge in [0, 0.05) is 0 Å². The molecule has 3 aromatic rings. The SMILES string of the molecule is CC.CC.CC.Cc1cc(C)c(C)cc1C.Cc1ccc(C)c(C)c1.Cc1ccc(C)c(C)c1. The van der Waals surface area contributed by atoms with Crippen molar-refractivity contribution in [2.75, 3.05) is 0 Å². The molecule has 192 valence electrons. The summed E-state index contributed by atoms with van der Waals surface area (Å²) in [5, 5.41) is 0. The predicted molar refractivity (Wildman–Crippen MR) is 161 cm³/mol. The molecule has 0 aliphatic carbocycles. The molecule has 0 unspecified atom stereocenters. The van der Waals surface area contributed by atoms with Gasteiger partial charge in [-0.05, 0) is 114 Å². The lowest BCUT2D eigenvalue weighted by molar-refractivity contribution is 1.24. The van der Waals surface area contributed by atoms with Crippen LogP contribution < -0.4 is 0 Å². The highest BCUT2D eigenvalue weighted by molar-refractivity contribution is 5.35. The standard InChI is InChI=1S/C10H14.2C9H12.3C2H6/c1-7-5-9(3)10(4)6-8(7)2;2*1-7-4-5-8(2)9(3)6-7;3*1-2/h5-6H,1-4H3;2*4-6H,1-3H3;3*1-2H3. The van der Waals surface area contributed by atoms with E-state index < -0.39 is 0 Å². The van der Waals surface area contributed by atoms with Crippen LogP contribution in [0.15, 0.2) is 48.5 Å². The van der Waals surface area contributed by atoms with Crippen LogP contribution in [0, 0.1) is 69.2 Å². The smallest absolute Gasteiger partial charge is 0.0395 e. The van der Waals surface area contributed by atoms with Gasteiger partial charge in [0.1, 0.15) is 0 Å². The van der Waals surface area contributed by atoms with Crippen molar-refractivity contribution in [3.05, 3.63) is 104 Å². The van der Waals surface area contributed by atoms with Gasteiger partial charge in [-0.1, -0.05) is 101 Å². The molecule has 0 aromatic heterocycles. The molecular formula is C34H56. The van der Waals surface area contributed by atoms with Crippen LogP contribution in [0.2, 0.25) is 0 Å². The fourth-order valence-electron chi connectivity index (χ4n) is 2.89. The maximum Gasteiger partial charge on any atom is -0.0395 e. The van der Waals surface area contributed by atoms with Crippen LogP contribution in [0.3, 0.4) is 0 Å². The Morgan fingerprint density at radius 3 is 0.647 bits per heavy atom. The van der Waals surface area contributed by atoms with E-state index in [2.05, 4.69) is 118 Å². The zero-order valence-corrected chi connectivity index (χ0v) is 25.6. The average Bonchev–Trinajstić information content (AvgIpc) is 2.83. The predicted octanol–water partition coefficient (Wildman–Crippen LogP) is 11.2. The first-order valence-corrected chi connectivity index (χ1v) is 13.1. The van der Waals surface area contributed by atoms with Gasteiger partial charge in [-0.2, -0.15) is 0 Å². The Morgan fingerprint density at radius 2 is 0.471 bits per heavy atom. The van der Waals surface area contributed by atoms with Gasteiger partial charge in [-0.25, -0.2) is 0 Å². The largest absolute Gasteiger partial charge is 0.0683 e. The molecule has 0 aliphatic rings. The molecule has 3 aromatic carbocycles. The van der Waals surface area contributed by atoms with Crippen molar-refractivity contribution in [2.24, 2.45) is 0 Å². The highest BCUT2D eigenvalue weighted by Crippen LogP contribution is 2.13. The third-order valence-corrected chi connectivity index (χ3v) is 5.43. The van der Waals surface area contributed by atoms with Crippen LogP contribution in [0.1, 0.15) is 97.2 Å². The first-order chi connectivity index (χ1) is 16.0. The Hall–Kier alpha value is -2.34. The molecule has 0 heterocycles. The Balaban J connectivity index is -0.000000381. The number of rotatable bonds is 0. The zero-order valence-electron chi connectivity index (χ0n) is 25.6. The summed E-state index contributed by atoms with van der Waals surface area (Å²) in [6.45, 7) is 33.4. The van der Waals surface area contributed by atoms with E-state index in [9.17, 15) is 0 Å². The van der Waals surface area contributed by atoms with E-state index >= 15 is 0 Å². The van der Waals surface area contributed by atoms with E-state index in [0.29, 0.717) is 0 Å². The Bertz CT molecular complexity index is 814. The minimum atomic E-state index is 1.35. The minimum Gasteiger partial charge on any atom is -0.0683 e. The molecule has 0 spiro atoms. The van der Waals surface area contributed by atoms with Crippen molar-refractivity contribution >= 4 is 0 Å². The van der Waals surface area contributed by atoms with Gasteiger partial charge in [-0.15, -0.1) is 0 Å². The third kappa shape index (κ3) is 15.5. The molecule has 0 N–H and O–H groups in total. The molecule has 3 rings (SSSR count). The maximum absolute atomic E-state index is 2.24. The highest BCUT2D eigenvalue weighted by atomic mass is 14.0. The van der Waals surface area contributed by atoms with Crippen LogP contribution in [0.25, 0.3) is 0 Å². The van der Waals surface area contributed by atoms with Crippen LogP contribution >= 0.6 is 0 Å². The quantitative estimate of drug-likeness (QED) is 0.310. The first-order valence-electron chi connectivity index (χ1n) is 13.1. The van der Waals surface area contributed by atoms with Crippen molar-refractivity contribution in [3.63, 3.8) is 0 Å². The summed E-state index contributed by atoms with van der Waals surface area (Å²) in [7, 11) is 0. The van der Waals surface area contributed by atoms with Crippen molar-refractivity contribution in [3.8, 4) is 0 Å². The van der Waals surface area contributed by atoms with E-state index in [4.69, 9.17) is 0 Å².